The van der Waals surface area contributed by atoms with Gasteiger partial charge in [0.1, 0.15) is 0 Å². The molecule has 0 fully saturated rings. The maximum Gasteiger partial charge on any atom is 0.203 e. The largest absolute Gasteiger partial charge is 0.396 e. The van der Waals surface area contributed by atoms with E-state index in [1.165, 1.54) is 0 Å². The first-order chi connectivity index (χ1) is 9.15. The number of hydrogen-bond acceptors (Lipinski definition) is 3. The minimum absolute atomic E-state index is 0.0574. The van der Waals surface area contributed by atoms with Gasteiger partial charge in [-0.15, -0.1) is 0 Å². The highest BCUT2D eigenvalue weighted by molar-refractivity contribution is 5.78. The van der Waals surface area contributed by atoms with E-state index in [4.69, 9.17) is 0 Å². The van der Waals surface area contributed by atoms with Crippen LogP contribution in [0.4, 0.5) is 5.95 Å². The Morgan fingerprint density at radius 3 is 2.53 bits per heavy atom. The number of nitrogens with zero attached hydrogens (tertiary/aromatic N) is 2. The second-order valence-corrected chi connectivity index (χ2v) is 5.20. The van der Waals surface area contributed by atoms with Crippen molar-refractivity contribution in [1.82, 2.24) is 9.55 Å². The zero-order valence-electron chi connectivity index (χ0n) is 12.0. The Labute approximate surface area is 114 Å². The van der Waals surface area contributed by atoms with E-state index >= 15 is 0 Å². The van der Waals surface area contributed by atoms with Gasteiger partial charge in [-0.25, -0.2) is 4.98 Å². The lowest BCUT2D eigenvalue weighted by molar-refractivity contribution is 0.127. The molecule has 0 radical (unpaired) electrons. The summed E-state index contributed by atoms with van der Waals surface area (Å²) < 4.78 is 2.06. The summed E-state index contributed by atoms with van der Waals surface area (Å²) in [4.78, 5) is 4.59. The van der Waals surface area contributed by atoms with Gasteiger partial charge in [0.2, 0.25) is 5.95 Å². The van der Waals surface area contributed by atoms with Crippen molar-refractivity contribution in [3.63, 3.8) is 0 Å². The Bertz CT molecular complexity index is 535. The zero-order chi connectivity index (χ0) is 13.9. The van der Waals surface area contributed by atoms with Gasteiger partial charge in [0.05, 0.1) is 17.6 Å². The molecule has 0 aliphatic heterocycles. The average Bonchev–Trinajstić information content (AvgIpc) is 2.78. The van der Waals surface area contributed by atoms with Crippen LogP contribution in [0.2, 0.25) is 0 Å². The second-order valence-electron chi connectivity index (χ2n) is 5.20. The summed E-state index contributed by atoms with van der Waals surface area (Å²) in [5.74, 6) is 0.862. The summed E-state index contributed by atoms with van der Waals surface area (Å²) in [5, 5.41) is 13.0. The number of hydrogen-bond donors (Lipinski definition) is 2. The molecule has 0 bridgehead atoms. The van der Waals surface area contributed by atoms with Crippen LogP contribution in [0.25, 0.3) is 11.0 Å². The number of aliphatic hydroxyl groups excluding tert-OH is 1. The van der Waals surface area contributed by atoms with Crippen LogP contribution >= 0.6 is 0 Å². The molecule has 0 aliphatic carbocycles. The molecule has 1 aromatic heterocycles. The first-order valence-corrected chi connectivity index (χ1v) is 6.92. The molecule has 1 heterocycles. The van der Waals surface area contributed by atoms with Crippen LogP contribution in [-0.4, -0.2) is 27.8 Å². The Balaban J connectivity index is 2.20. The van der Waals surface area contributed by atoms with Crippen molar-refractivity contribution in [1.29, 1.82) is 0 Å². The van der Waals surface area contributed by atoms with Crippen molar-refractivity contribution in [2.24, 2.45) is 12.5 Å². The minimum Gasteiger partial charge on any atom is -0.396 e. The van der Waals surface area contributed by atoms with Gasteiger partial charge in [-0.05, 0) is 25.0 Å². The average molecular weight is 261 g/mol. The highest BCUT2D eigenvalue weighted by Gasteiger charge is 2.25. The van der Waals surface area contributed by atoms with Crippen LogP contribution in [0.3, 0.4) is 0 Å². The van der Waals surface area contributed by atoms with E-state index in [1.54, 1.807) is 0 Å². The Morgan fingerprint density at radius 2 is 1.95 bits per heavy atom. The van der Waals surface area contributed by atoms with E-state index in [0.717, 1.165) is 36.4 Å². The maximum absolute atomic E-state index is 9.60. The summed E-state index contributed by atoms with van der Waals surface area (Å²) >= 11 is 0. The molecule has 0 saturated carbocycles. The molecule has 2 rings (SSSR count). The highest BCUT2D eigenvalue weighted by atomic mass is 16.3. The second kappa shape index (κ2) is 5.61. The Kier molecular flexibility index (Phi) is 4.10. The van der Waals surface area contributed by atoms with Gasteiger partial charge in [-0.2, -0.15) is 0 Å². The molecule has 104 valence electrons. The lowest BCUT2D eigenvalue weighted by Crippen LogP contribution is -2.32. The van der Waals surface area contributed by atoms with Gasteiger partial charge < -0.3 is 15.0 Å². The van der Waals surface area contributed by atoms with Crippen LogP contribution in [-0.2, 0) is 7.05 Å². The normalized spacial score (nSPS) is 12.0. The highest BCUT2D eigenvalue weighted by Crippen LogP contribution is 2.26. The third kappa shape index (κ3) is 2.59. The van der Waals surface area contributed by atoms with Gasteiger partial charge in [-0.3, -0.25) is 0 Å². The van der Waals surface area contributed by atoms with Gasteiger partial charge in [-0.1, -0.05) is 26.0 Å². The summed E-state index contributed by atoms with van der Waals surface area (Å²) in [6.07, 6.45) is 1.91. The van der Waals surface area contributed by atoms with Crippen molar-refractivity contribution in [3.05, 3.63) is 24.3 Å². The van der Waals surface area contributed by atoms with Crippen molar-refractivity contribution in [3.8, 4) is 0 Å². The lowest BCUT2D eigenvalue weighted by Gasteiger charge is -2.29. The molecule has 0 unspecified atom stereocenters. The van der Waals surface area contributed by atoms with E-state index in [2.05, 4.69) is 34.8 Å². The molecular formula is C15H23N3O. The third-order valence-electron chi connectivity index (χ3n) is 4.24. The fourth-order valence-corrected chi connectivity index (χ4v) is 2.35. The molecule has 4 nitrogen and oxygen atoms in total. The number of aliphatic hydroxyl groups is 1. The summed E-state index contributed by atoms with van der Waals surface area (Å²) in [5.41, 5.74) is 2.06. The van der Waals surface area contributed by atoms with Crippen LogP contribution < -0.4 is 5.32 Å². The fourth-order valence-electron chi connectivity index (χ4n) is 2.35. The van der Waals surface area contributed by atoms with Crippen LogP contribution in [0.15, 0.2) is 24.3 Å². The molecular weight excluding hydrogens is 238 g/mol. The Morgan fingerprint density at radius 1 is 1.26 bits per heavy atom. The molecule has 0 aliphatic rings. The summed E-state index contributed by atoms with van der Waals surface area (Å²) in [6.45, 7) is 5.19. The lowest BCUT2D eigenvalue weighted by atomic mass is 9.83. The number of anilines is 1. The molecule has 2 aromatic rings. The van der Waals surface area contributed by atoms with Crippen molar-refractivity contribution in [2.45, 2.75) is 26.7 Å². The van der Waals surface area contributed by atoms with Gasteiger partial charge in [0.25, 0.3) is 0 Å². The van der Waals surface area contributed by atoms with E-state index in [-0.39, 0.29) is 12.0 Å². The number of imidazole rings is 1. The zero-order valence-corrected chi connectivity index (χ0v) is 12.0. The molecule has 2 N–H and O–H groups in total. The smallest absolute Gasteiger partial charge is 0.203 e. The molecule has 0 atom stereocenters. The van der Waals surface area contributed by atoms with Gasteiger partial charge in [0, 0.05) is 19.0 Å². The standard InChI is InChI=1S/C15H23N3O/c1-4-15(5-2,11-19)10-16-14-17-12-8-6-7-9-13(12)18(14)3/h6-9,19H,4-5,10-11H2,1-3H3,(H,16,17). The van der Waals surface area contributed by atoms with Crippen molar-refractivity contribution < 1.29 is 5.11 Å². The third-order valence-corrected chi connectivity index (χ3v) is 4.24. The van der Waals surface area contributed by atoms with Gasteiger partial charge >= 0.3 is 0 Å². The fraction of sp³-hybridized carbons (Fsp3) is 0.533. The van der Waals surface area contributed by atoms with Crippen LogP contribution in [0.1, 0.15) is 26.7 Å². The number of fused-ring (bicyclic) bond motifs is 1. The predicted molar refractivity (Wildman–Crippen MR) is 79.3 cm³/mol. The first-order valence-electron chi connectivity index (χ1n) is 6.92. The molecule has 0 spiro atoms. The molecule has 0 amide bonds. The van der Waals surface area contributed by atoms with Crippen molar-refractivity contribution >= 4 is 17.0 Å². The van der Waals surface area contributed by atoms with Crippen LogP contribution in [0.5, 0.6) is 0 Å². The van der Waals surface area contributed by atoms with E-state index in [0.29, 0.717) is 0 Å². The number of rotatable bonds is 6. The van der Waals surface area contributed by atoms with E-state index in [1.807, 2.05) is 25.2 Å². The van der Waals surface area contributed by atoms with Crippen molar-refractivity contribution in [2.75, 3.05) is 18.5 Å². The number of nitrogens with one attached hydrogen (secondary N) is 1. The summed E-state index contributed by atoms with van der Waals surface area (Å²) in [7, 11) is 2.01. The maximum atomic E-state index is 9.60. The number of aromatic nitrogens is 2. The first kappa shape index (κ1) is 13.9. The molecule has 4 heteroatoms. The monoisotopic (exact) mass is 261 g/mol. The number of benzene rings is 1. The number of para-hydroxylation sites is 2. The summed E-state index contributed by atoms with van der Waals surface area (Å²) in [6, 6.07) is 8.09. The molecule has 0 saturated heterocycles. The number of aryl methyl sites for hydroxylation is 1. The van der Waals surface area contributed by atoms with E-state index < -0.39 is 0 Å². The van der Waals surface area contributed by atoms with Crippen LogP contribution in [0, 0.1) is 5.41 Å². The minimum atomic E-state index is -0.0574. The quantitative estimate of drug-likeness (QED) is 0.840. The Hall–Kier alpha value is -1.55. The topological polar surface area (TPSA) is 50.1 Å². The van der Waals surface area contributed by atoms with E-state index in [9.17, 15) is 5.11 Å². The molecule has 19 heavy (non-hydrogen) atoms. The SMILES string of the molecule is CCC(CC)(CO)CNc1nc2ccccc2n1C. The molecule has 1 aromatic carbocycles. The predicted octanol–water partition coefficient (Wildman–Crippen LogP) is 2.78. The van der Waals surface area contributed by atoms with Gasteiger partial charge in [0.15, 0.2) is 0 Å².